The first-order chi connectivity index (χ1) is 11.5. The molecule has 1 heterocycles. The third-order valence-corrected chi connectivity index (χ3v) is 3.77. The summed E-state index contributed by atoms with van der Waals surface area (Å²) in [4.78, 5) is 12.5. The predicted molar refractivity (Wildman–Crippen MR) is 95.2 cm³/mol. The maximum Gasteiger partial charge on any atom is 0.327 e. The van der Waals surface area contributed by atoms with E-state index in [9.17, 15) is 4.79 Å². The van der Waals surface area contributed by atoms with Crippen LogP contribution in [0.25, 0.3) is 5.69 Å². The fourth-order valence-electron chi connectivity index (χ4n) is 2.70. The minimum absolute atomic E-state index is 0.294. The van der Waals surface area contributed by atoms with Crippen molar-refractivity contribution in [3.8, 4) is 5.69 Å². The van der Waals surface area contributed by atoms with Crippen LogP contribution in [0.15, 0.2) is 42.5 Å². The molecule has 0 saturated carbocycles. The minimum Gasteiger partial charge on any atom is -0.465 e. The Kier molecular flexibility index (Phi) is 5.93. The Morgan fingerprint density at radius 1 is 1.33 bits per heavy atom. The van der Waals surface area contributed by atoms with Gasteiger partial charge in [-0.25, -0.2) is 9.48 Å². The number of rotatable bonds is 7. The summed E-state index contributed by atoms with van der Waals surface area (Å²) in [5, 5.41) is 7.86. The molecule has 24 heavy (non-hydrogen) atoms. The molecule has 2 rings (SSSR count). The number of hydrogen-bond donors (Lipinski definition) is 1. The smallest absolute Gasteiger partial charge is 0.327 e. The Morgan fingerprint density at radius 3 is 2.58 bits per heavy atom. The maximum atomic E-state index is 12.5. The summed E-state index contributed by atoms with van der Waals surface area (Å²) in [5.41, 5.74) is 4.51. The van der Waals surface area contributed by atoms with Crippen molar-refractivity contribution in [2.24, 2.45) is 0 Å². The number of hydrogen-bond acceptors (Lipinski definition) is 4. The Morgan fingerprint density at radius 2 is 2.00 bits per heavy atom. The van der Waals surface area contributed by atoms with Gasteiger partial charge >= 0.3 is 5.97 Å². The molecule has 0 unspecified atom stereocenters. The second-order valence-electron chi connectivity index (χ2n) is 5.85. The third kappa shape index (κ3) is 3.92. The number of esters is 1. The normalized spacial score (nSPS) is 12.0. The monoisotopic (exact) mass is 327 g/mol. The summed E-state index contributed by atoms with van der Waals surface area (Å²) in [6.45, 7) is 12.4. The highest BCUT2D eigenvalue weighted by Gasteiger charge is 2.28. The summed E-state index contributed by atoms with van der Waals surface area (Å²) in [5.74, 6) is -0.294. The van der Waals surface area contributed by atoms with Crippen LogP contribution in [0.2, 0.25) is 0 Å². The molecule has 1 aromatic carbocycles. The highest BCUT2D eigenvalue weighted by Crippen LogP contribution is 2.25. The Balaban J connectivity index is 2.44. The largest absolute Gasteiger partial charge is 0.465 e. The summed E-state index contributed by atoms with van der Waals surface area (Å²) >= 11 is 0. The molecule has 5 heteroatoms. The molecule has 5 nitrogen and oxygen atoms in total. The number of carbonyl (C=O) groups is 1. The second kappa shape index (κ2) is 7.93. The van der Waals surface area contributed by atoms with E-state index < -0.39 is 6.04 Å². The number of aryl methyl sites for hydroxylation is 1. The van der Waals surface area contributed by atoms with Crippen molar-refractivity contribution in [1.29, 1.82) is 0 Å². The molecule has 1 aromatic heterocycles. The van der Waals surface area contributed by atoms with Crippen molar-refractivity contribution in [1.82, 2.24) is 15.1 Å². The van der Waals surface area contributed by atoms with E-state index in [1.807, 2.05) is 55.8 Å². The first-order valence-electron chi connectivity index (χ1n) is 8.11. The lowest BCUT2D eigenvalue weighted by Crippen LogP contribution is -2.32. The lowest BCUT2D eigenvalue weighted by atomic mass is 10.0. The van der Waals surface area contributed by atoms with Crippen LogP contribution in [0.1, 0.15) is 36.8 Å². The highest BCUT2D eigenvalue weighted by atomic mass is 16.5. The van der Waals surface area contributed by atoms with Crippen LogP contribution >= 0.6 is 0 Å². The topological polar surface area (TPSA) is 56.1 Å². The first kappa shape index (κ1) is 17.9. The fraction of sp³-hybridized carbons (Fsp3) is 0.368. The van der Waals surface area contributed by atoms with E-state index in [1.54, 1.807) is 6.92 Å². The van der Waals surface area contributed by atoms with Gasteiger partial charge in [0.2, 0.25) is 0 Å². The van der Waals surface area contributed by atoms with Crippen molar-refractivity contribution in [3.05, 3.63) is 59.4 Å². The molecule has 1 atom stereocenters. The summed E-state index contributed by atoms with van der Waals surface area (Å²) in [7, 11) is 0. The van der Waals surface area contributed by atoms with Crippen LogP contribution in [0.4, 0.5) is 0 Å². The number of nitrogens with zero attached hydrogens (tertiary/aromatic N) is 2. The Bertz CT molecular complexity index is 720. The molecule has 0 aliphatic carbocycles. The molecule has 0 saturated heterocycles. The van der Waals surface area contributed by atoms with E-state index in [-0.39, 0.29) is 5.97 Å². The van der Waals surface area contributed by atoms with Crippen LogP contribution < -0.4 is 5.32 Å². The molecule has 1 N–H and O–H groups in total. The molecule has 0 radical (unpaired) electrons. The van der Waals surface area contributed by atoms with Gasteiger partial charge in [-0.15, -0.1) is 0 Å². The van der Waals surface area contributed by atoms with Crippen molar-refractivity contribution >= 4 is 5.97 Å². The van der Waals surface area contributed by atoms with E-state index >= 15 is 0 Å². The highest BCUT2D eigenvalue weighted by molar-refractivity contribution is 5.78. The van der Waals surface area contributed by atoms with Crippen LogP contribution in [-0.4, -0.2) is 28.9 Å². The molecule has 0 bridgehead atoms. The van der Waals surface area contributed by atoms with Crippen molar-refractivity contribution in [3.63, 3.8) is 0 Å². The summed E-state index contributed by atoms with van der Waals surface area (Å²) in [6.07, 6.45) is 0. The molecule has 128 valence electrons. The predicted octanol–water partition coefficient (Wildman–Crippen LogP) is 3.26. The maximum absolute atomic E-state index is 12.5. The van der Waals surface area contributed by atoms with Gasteiger partial charge in [0.1, 0.15) is 6.04 Å². The van der Waals surface area contributed by atoms with Gasteiger partial charge in [0.05, 0.1) is 18.0 Å². The van der Waals surface area contributed by atoms with Gasteiger partial charge in [0.25, 0.3) is 0 Å². The van der Waals surface area contributed by atoms with Gasteiger partial charge < -0.3 is 4.74 Å². The van der Waals surface area contributed by atoms with E-state index in [0.717, 1.165) is 28.2 Å². The fourth-order valence-corrected chi connectivity index (χ4v) is 2.70. The molecular weight excluding hydrogens is 302 g/mol. The lowest BCUT2D eigenvalue weighted by molar-refractivity contribution is -0.145. The van der Waals surface area contributed by atoms with Gasteiger partial charge in [0.15, 0.2) is 0 Å². The lowest BCUT2D eigenvalue weighted by Gasteiger charge is -2.18. The van der Waals surface area contributed by atoms with Crippen LogP contribution in [0.5, 0.6) is 0 Å². The molecule has 0 amide bonds. The average Bonchev–Trinajstić information content (AvgIpc) is 2.84. The van der Waals surface area contributed by atoms with Gasteiger partial charge in [-0.3, -0.25) is 5.32 Å². The van der Waals surface area contributed by atoms with E-state index in [1.165, 1.54) is 0 Å². The van der Waals surface area contributed by atoms with Crippen molar-refractivity contribution in [2.75, 3.05) is 13.2 Å². The number of aromatic nitrogens is 2. The molecular formula is C19H25N3O2. The zero-order valence-corrected chi connectivity index (χ0v) is 14.8. The van der Waals surface area contributed by atoms with Gasteiger partial charge in [-0.1, -0.05) is 30.4 Å². The molecule has 0 fully saturated rings. The Hall–Kier alpha value is -2.40. The molecule has 2 aromatic rings. The number of carbonyl (C=O) groups excluding carboxylic acids is 1. The average molecular weight is 327 g/mol. The van der Waals surface area contributed by atoms with Crippen LogP contribution in [-0.2, 0) is 9.53 Å². The SMILES string of the molecule is C=C(C)CN[C@H](C(=O)OCC)c1c(C)nn(-c2ccccc2)c1C. The standard InChI is InChI=1S/C19H25N3O2/c1-6-24-19(23)18(20-12-13(2)3)17-14(4)21-22(15(17)5)16-10-8-7-9-11-16/h7-11,18,20H,2,6,12H2,1,3-5H3/t18-/m0/s1. The number of para-hydroxylation sites is 1. The molecule has 0 aliphatic heterocycles. The van der Waals surface area contributed by atoms with E-state index in [2.05, 4.69) is 17.0 Å². The van der Waals surface area contributed by atoms with E-state index in [0.29, 0.717) is 13.2 Å². The van der Waals surface area contributed by atoms with Gasteiger partial charge in [0, 0.05) is 17.8 Å². The second-order valence-corrected chi connectivity index (χ2v) is 5.85. The summed E-state index contributed by atoms with van der Waals surface area (Å²) < 4.78 is 7.11. The zero-order valence-electron chi connectivity index (χ0n) is 14.8. The van der Waals surface area contributed by atoms with Gasteiger partial charge in [-0.05, 0) is 39.8 Å². The van der Waals surface area contributed by atoms with Crippen LogP contribution in [0, 0.1) is 13.8 Å². The number of nitrogens with one attached hydrogen (secondary N) is 1. The number of ether oxygens (including phenoxy) is 1. The quantitative estimate of drug-likeness (QED) is 0.626. The minimum atomic E-state index is -0.556. The van der Waals surface area contributed by atoms with Crippen molar-refractivity contribution < 1.29 is 9.53 Å². The third-order valence-electron chi connectivity index (χ3n) is 3.77. The zero-order chi connectivity index (χ0) is 17.7. The van der Waals surface area contributed by atoms with Crippen molar-refractivity contribution in [2.45, 2.75) is 33.7 Å². The van der Waals surface area contributed by atoms with Gasteiger partial charge in [-0.2, -0.15) is 5.10 Å². The summed E-state index contributed by atoms with van der Waals surface area (Å²) in [6, 6.07) is 9.32. The first-order valence-corrected chi connectivity index (χ1v) is 8.11. The van der Waals surface area contributed by atoms with Crippen LogP contribution in [0.3, 0.4) is 0 Å². The molecule has 0 spiro atoms. The Labute approximate surface area is 143 Å². The molecule has 0 aliphatic rings. The van der Waals surface area contributed by atoms with E-state index in [4.69, 9.17) is 4.74 Å². The number of benzene rings is 1.